The molecule has 0 aliphatic rings. The summed E-state index contributed by atoms with van der Waals surface area (Å²) >= 11 is 0. The third-order valence-corrected chi connectivity index (χ3v) is 3.43. The molecule has 1 aromatic carbocycles. The highest BCUT2D eigenvalue weighted by atomic mass is 16.4. The van der Waals surface area contributed by atoms with Crippen LogP contribution in [0.15, 0.2) is 40.8 Å². The number of aliphatic carboxylic acids is 1. The second-order valence-electron chi connectivity index (χ2n) is 5.52. The fourth-order valence-corrected chi connectivity index (χ4v) is 2.13. The Balaban J connectivity index is 2.11. The third kappa shape index (κ3) is 4.20. The molecular formula is C17H21NO3. The number of carbonyl (C=O) groups is 1. The first-order valence-electron chi connectivity index (χ1n) is 7.07. The van der Waals surface area contributed by atoms with Crippen molar-refractivity contribution < 1.29 is 14.3 Å². The van der Waals surface area contributed by atoms with E-state index in [2.05, 4.69) is 0 Å². The van der Waals surface area contributed by atoms with Crippen LogP contribution in [0.1, 0.15) is 25.2 Å². The summed E-state index contributed by atoms with van der Waals surface area (Å²) in [5.74, 6) is 0.763. The van der Waals surface area contributed by atoms with Crippen LogP contribution in [-0.2, 0) is 11.3 Å². The number of carboxylic acids is 1. The number of nitrogens with zero attached hydrogens (tertiary/aromatic N) is 1. The van der Waals surface area contributed by atoms with Gasteiger partial charge < -0.3 is 9.52 Å². The van der Waals surface area contributed by atoms with Gasteiger partial charge in [0.1, 0.15) is 11.5 Å². The van der Waals surface area contributed by atoms with E-state index in [1.807, 2.05) is 62.1 Å². The van der Waals surface area contributed by atoms with Crippen LogP contribution in [-0.4, -0.2) is 28.6 Å². The van der Waals surface area contributed by atoms with Crippen molar-refractivity contribution in [3.63, 3.8) is 0 Å². The monoisotopic (exact) mass is 287 g/mol. The molecule has 4 heteroatoms. The number of hydrogen-bond donors (Lipinski definition) is 1. The van der Waals surface area contributed by atoms with Crippen molar-refractivity contribution in [2.24, 2.45) is 0 Å². The van der Waals surface area contributed by atoms with E-state index in [1.165, 1.54) is 5.56 Å². The summed E-state index contributed by atoms with van der Waals surface area (Å²) in [6.07, 6.45) is 0. The molecule has 1 N–H and O–H groups in total. The number of benzene rings is 1. The summed E-state index contributed by atoms with van der Waals surface area (Å²) in [6, 6.07) is 12.1. The molecule has 1 heterocycles. The molecule has 0 atom stereocenters. The molecule has 0 fully saturated rings. The summed E-state index contributed by atoms with van der Waals surface area (Å²) in [4.78, 5) is 12.8. The summed E-state index contributed by atoms with van der Waals surface area (Å²) in [7, 11) is 0. The molecule has 0 radical (unpaired) electrons. The maximum absolute atomic E-state index is 10.9. The van der Waals surface area contributed by atoms with E-state index < -0.39 is 5.97 Å². The van der Waals surface area contributed by atoms with E-state index in [0.29, 0.717) is 6.54 Å². The van der Waals surface area contributed by atoms with E-state index in [0.717, 1.165) is 17.1 Å². The predicted molar refractivity (Wildman–Crippen MR) is 82.1 cm³/mol. The second kappa shape index (κ2) is 6.59. The first-order chi connectivity index (χ1) is 9.95. The van der Waals surface area contributed by atoms with Crippen molar-refractivity contribution in [1.29, 1.82) is 0 Å². The number of aryl methyl sites for hydroxylation is 1. The average molecular weight is 287 g/mol. The molecule has 0 aliphatic carbocycles. The van der Waals surface area contributed by atoms with Crippen LogP contribution >= 0.6 is 0 Å². The minimum Gasteiger partial charge on any atom is -0.480 e. The molecule has 0 aliphatic heterocycles. The van der Waals surface area contributed by atoms with Gasteiger partial charge in [0.25, 0.3) is 0 Å². The first-order valence-corrected chi connectivity index (χ1v) is 7.07. The molecule has 2 aromatic rings. The topological polar surface area (TPSA) is 53.7 Å². The first kappa shape index (κ1) is 15.3. The molecular weight excluding hydrogens is 266 g/mol. The average Bonchev–Trinajstić information content (AvgIpc) is 2.87. The predicted octanol–water partition coefficient (Wildman–Crippen LogP) is 3.55. The lowest BCUT2D eigenvalue weighted by molar-refractivity contribution is -0.139. The van der Waals surface area contributed by atoms with Crippen LogP contribution in [0.5, 0.6) is 0 Å². The number of carboxylic acid groups (broad SMARTS) is 1. The van der Waals surface area contributed by atoms with Crippen LogP contribution in [0, 0.1) is 6.92 Å². The van der Waals surface area contributed by atoms with Gasteiger partial charge in [0.05, 0.1) is 13.1 Å². The Hall–Kier alpha value is -2.07. The Morgan fingerprint density at radius 3 is 2.43 bits per heavy atom. The molecule has 1 aromatic heterocycles. The number of rotatable bonds is 6. The van der Waals surface area contributed by atoms with Gasteiger partial charge in [-0.05, 0) is 32.9 Å². The smallest absolute Gasteiger partial charge is 0.317 e. The lowest BCUT2D eigenvalue weighted by Crippen LogP contribution is -2.34. The molecule has 21 heavy (non-hydrogen) atoms. The van der Waals surface area contributed by atoms with E-state index in [4.69, 9.17) is 9.52 Å². The van der Waals surface area contributed by atoms with Gasteiger partial charge in [0, 0.05) is 11.6 Å². The Kier molecular flexibility index (Phi) is 4.81. The molecule has 0 saturated heterocycles. The van der Waals surface area contributed by atoms with Gasteiger partial charge in [-0.25, -0.2) is 0 Å². The molecule has 2 rings (SSSR count). The number of hydrogen-bond acceptors (Lipinski definition) is 3. The molecule has 0 saturated carbocycles. The van der Waals surface area contributed by atoms with Crippen molar-refractivity contribution in [3.05, 3.63) is 47.7 Å². The van der Waals surface area contributed by atoms with Crippen LogP contribution in [0.2, 0.25) is 0 Å². The maximum atomic E-state index is 10.9. The summed E-state index contributed by atoms with van der Waals surface area (Å²) < 4.78 is 5.84. The highest BCUT2D eigenvalue weighted by molar-refractivity contribution is 5.69. The third-order valence-electron chi connectivity index (χ3n) is 3.43. The van der Waals surface area contributed by atoms with Crippen molar-refractivity contribution in [3.8, 4) is 11.3 Å². The maximum Gasteiger partial charge on any atom is 0.317 e. The highest BCUT2D eigenvalue weighted by Crippen LogP contribution is 2.23. The van der Waals surface area contributed by atoms with Gasteiger partial charge in [-0.2, -0.15) is 0 Å². The van der Waals surface area contributed by atoms with E-state index >= 15 is 0 Å². The van der Waals surface area contributed by atoms with Gasteiger partial charge >= 0.3 is 5.97 Å². The van der Waals surface area contributed by atoms with Crippen molar-refractivity contribution in [2.75, 3.05) is 6.54 Å². The molecule has 4 nitrogen and oxygen atoms in total. The van der Waals surface area contributed by atoms with Crippen LogP contribution in [0.3, 0.4) is 0 Å². The zero-order valence-corrected chi connectivity index (χ0v) is 12.7. The van der Waals surface area contributed by atoms with Crippen molar-refractivity contribution >= 4 is 5.97 Å². The second-order valence-corrected chi connectivity index (χ2v) is 5.52. The van der Waals surface area contributed by atoms with Gasteiger partial charge in [-0.1, -0.05) is 29.8 Å². The van der Waals surface area contributed by atoms with Crippen LogP contribution < -0.4 is 0 Å². The Bertz CT molecular complexity index is 599. The largest absolute Gasteiger partial charge is 0.480 e. The van der Waals surface area contributed by atoms with Gasteiger partial charge in [0.15, 0.2) is 0 Å². The normalized spacial score (nSPS) is 11.3. The summed E-state index contributed by atoms with van der Waals surface area (Å²) in [5.41, 5.74) is 2.24. The fourth-order valence-electron chi connectivity index (χ4n) is 2.13. The van der Waals surface area contributed by atoms with Crippen molar-refractivity contribution in [2.45, 2.75) is 33.4 Å². The van der Waals surface area contributed by atoms with Gasteiger partial charge in [-0.3, -0.25) is 9.69 Å². The SMILES string of the molecule is Cc1ccc(-c2ccc(CN(CC(=O)O)C(C)C)o2)cc1. The van der Waals surface area contributed by atoms with E-state index in [1.54, 1.807) is 0 Å². The number of furan rings is 1. The van der Waals surface area contributed by atoms with Crippen molar-refractivity contribution in [1.82, 2.24) is 4.90 Å². The van der Waals surface area contributed by atoms with E-state index in [-0.39, 0.29) is 12.6 Å². The lowest BCUT2D eigenvalue weighted by atomic mass is 10.1. The molecule has 112 valence electrons. The summed E-state index contributed by atoms with van der Waals surface area (Å²) in [6.45, 7) is 6.51. The Morgan fingerprint density at radius 2 is 1.86 bits per heavy atom. The zero-order chi connectivity index (χ0) is 15.4. The summed E-state index contributed by atoms with van der Waals surface area (Å²) in [5, 5.41) is 8.95. The van der Waals surface area contributed by atoms with Gasteiger partial charge in [0.2, 0.25) is 0 Å². The van der Waals surface area contributed by atoms with Gasteiger partial charge in [-0.15, -0.1) is 0 Å². The standard InChI is InChI=1S/C17H21NO3/c1-12(2)18(11-17(19)20)10-15-8-9-16(21-15)14-6-4-13(3)5-7-14/h4-9,12H,10-11H2,1-3H3,(H,19,20). The Morgan fingerprint density at radius 1 is 1.19 bits per heavy atom. The minimum atomic E-state index is -0.825. The minimum absolute atomic E-state index is 0.0121. The molecule has 0 amide bonds. The quantitative estimate of drug-likeness (QED) is 0.882. The zero-order valence-electron chi connectivity index (χ0n) is 12.7. The van der Waals surface area contributed by atoms with Crippen LogP contribution in [0.4, 0.5) is 0 Å². The molecule has 0 unspecified atom stereocenters. The van der Waals surface area contributed by atoms with Crippen LogP contribution in [0.25, 0.3) is 11.3 Å². The molecule has 0 spiro atoms. The van der Waals surface area contributed by atoms with E-state index in [9.17, 15) is 4.79 Å². The Labute approximate surface area is 125 Å². The lowest BCUT2D eigenvalue weighted by Gasteiger charge is -2.23. The highest BCUT2D eigenvalue weighted by Gasteiger charge is 2.16. The molecule has 0 bridgehead atoms. The fraction of sp³-hybridized carbons (Fsp3) is 0.353.